The van der Waals surface area contributed by atoms with Gasteiger partial charge in [0.2, 0.25) is 11.0 Å². The largest absolute Gasteiger partial charge is 0.494 e. The van der Waals surface area contributed by atoms with Crippen molar-refractivity contribution in [1.29, 1.82) is 0 Å². The normalized spacial score (nSPS) is 10.5. The number of nitrogens with one attached hydrogen (secondary N) is 1. The van der Waals surface area contributed by atoms with Crippen LogP contribution >= 0.6 is 23.1 Å². The number of carbonyl (C=O) groups is 1. The van der Waals surface area contributed by atoms with Crippen molar-refractivity contribution in [2.45, 2.75) is 18.6 Å². The number of nitrogens with zero attached hydrogens (tertiary/aromatic N) is 2. The predicted molar refractivity (Wildman–Crippen MR) is 111 cm³/mol. The minimum absolute atomic E-state index is 0.0500. The third-order valence-electron chi connectivity index (χ3n) is 3.60. The van der Waals surface area contributed by atoms with Crippen LogP contribution in [0.4, 0.5) is 5.13 Å². The Morgan fingerprint density at radius 2 is 1.78 bits per heavy atom. The van der Waals surface area contributed by atoms with Gasteiger partial charge in [-0.05, 0) is 24.1 Å². The van der Waals surface area contributed by atoms with Gasteiger partial charge in [0.1, 0.15) is 10.8 Å². The van der Waals surface area contributed by atoms with E-state index in [1.165, 1.54) is 16.9 Å². The van der Waals surface area contributed by atoms with E-state index in [2.05, 4.69) is 27.6 Å². The zero-order valence-corrected chi connectivity index (χ0v) is 16.5. The molecule has 5 nitrogen and oxygen atoms in total. The Bertz CT molecular complexity index is 826. The summed E-state index contributed by atoms with van der Waals surface area (Å²) in [5.41, 5.74) is 1.21. The Kier molecular flexibility index (Phi) is 7.68. The van der Waals surface area contributed by atoms with Crippen LogP contribution in [0.5, 0.6) is 5.75 Å². The molecule has 0 aliphatic heterocycles. The molecule has 1 amide bonds. The van der Waals surface area contributed by atoms with Gasteiger partial charge in [-0.2, -0.15) is 0 Å². The molecule has 1 heterocycles. The molecule has 1 N–H and O–H groups in total. The van der Waals surface area contributed by atoms with E-state index in [0.29, 0.717) is 17.5 Å². The molecular formula is C20H21N3O2S2. The van der Waals surface area contributed by atoms with Gasteiger partial charge in [0.05, 0.1) is 12.4 Å². The number of rotatable bonds is 10. The highest BCUT2D eigenvalue weighted by Gasteiger charge is 2.08. The number of thioether (sulfide) groups is 1. The number of carbonyl (C=O) groups excluding carboxylic acids is 1. The van der Waals surface area contributed by atoms with Crippen LogP contribution in [0, 0.1) is 0 Å². The van der Waals surface area contributed by atoms with Crippen LogP contribution in [0.3, 0.4) is 0 Å². The molecular weight excluding hydrogens is 378 g/mol. The minimum Gasteiger partial charge on any atom is -0.494 e. The first-order valence-electron chi connectivity index (χ1n) is 8.71. The van der Waals surface area contributed by atoms with Gasteiger partial charge < -0.3 is 4.74 Å². The topological polar surface area (TPSA) is 64.1 Å². The summed E-state index contributed by atoms with van der Waals surface area (Å²) >= 11 is 3.00. The lowest BCUT2D eigenvalue weighted by atomic mass is 10.2. The second-order valence-electron chi connectivity index (χ2n) is 5.79. The number of hydrogen-bond acceptors (Lipinski definition) is 6. The van der Waals surface area contributed by atoms with Crippen molar-refractivity contribution in [3.8, 4) is 5.75 Å². The molecule has 1 aromatic heterocycles. The minimum atomic E-state index is -0.0500. The smallest absolute Gasteiger partial charge is 0.236 e. The van der Waals surface area contributed by atoms with Gasteiger partial charge >= 0.3 is 0 Å². The first kappa shape index (κ1) is 19.4. The third-order valence-corrected chi connectivity index (χ3v) is 5.51. The van der Waals surface area contributed by atoms with Crippen molar-refractivity contribution < 1.29 is 9.53 Å². The average Bonchev–Trinajstić information content (AvgIpc) is 3.14. The molecule has 0 bridgehead atoms. The Hall–Kier alpha value is -2.38. The standard InChI is InChI=1S/C20H21N3O2S2/c24-18(15-26-14-16-8-3-1-4-9-16)21-20-23-22-19(27-20)12-7-13-25-17-10-5-2-6-11-17/h1-6,8-11H,7,12-15H2,(H,21,23,24). The number of anilines is 1. The molecule has 0 fully saturated rings. The first-order chi connectivity index (χ1) is 13.3. The summed E-state index contributed by atoms with van der Waals surface area (Å²) in [5.74, 6) is 2.04. The maximum Gasteiger partial charge on any atom is 0.236 e. The van der Waals surface area contributed by atoms with Crippen LogP contribution in [0.2, 0.25) is 0 Å². The van der Waals surface area contributed by atoms with Crippen molar-refractivity contribution in [2.24, 2.45) is 0 Å². The van der Waals surface area contributed by atoms with Crippen molar-refractivity contribution >= 4 is 34.1 Å². The van der Waals surface area contributed by atoms with Gasteiger partial charge in [-0.15, -0.1) is 22.0 Å². The molecule has 27 heavy (non-hydrogen) atoms. The van der Waals surface area contributed by atoms with Crippen molar-refractivity contribution in [3.05, 3.63) is 71.2 Å². The molecule has 0 spiro atoms. The summed E-state index contributed by atoms with van der Waals surface area (Å²) in [6.45, 7) is 0.626. The number of hydrogen-bond donors (Lipinski definition) is 1. The quantitative estimate of drug-likeness (QED) is 0.511. The fraction of sp³-hybridized carbons (Fsp3) is 0.250. The number of aryl methyl sites for hydroxylation is 1. The molecule has 3 rings (SSSR count). The molecule has 0 atom stereocenters. The number of aromatic nitrogens is 2. The van der Waals surface area contributed by atoms with E-state index < -0.39 is 0 Å². The van der Waals surface area contributed by atoms with Crippen molar-refractivity contribution in [2.75, 3.05) is 17.7 Å². The maximum atomic E-state index is 12.0. The second kappa shape index (κ2) is 10.7. The van der Waals surface area contributed by atoms with Crippen molar-refractivity contribution in [3.63, 3.8) is 0 Å². The highest BCUT2D eigenvalue weighted by atomic mass is 32.2. The van der Waals surface area contributed by atoms with Gasteiger partial charge in [-0.3, -0.25) is 10.1 Å². The first-order valence-corrected chi connectivity index (χ1v) is 10.7. The van der Waals surface area contributed by atoms with Crippen LogP contribution in [-0.2, 0) is 17.0 Å². The van der Waals surface area contributed by atoms with Crippen LogP contribution in [0.1, 0.15) is 17.0 Å². The lowest BCUT2D eigenvalue weighted by molar-refractivity contribution is -0.113. The SMILES string of the molecule is O=C(CSCc1ccccc1)Nc1nnc(CCCOc2ccccc2)s1. The average molecular weight is 400 g/mol. The number of benzene rings is 2. The summed E-state index contributed by atoms with van der Waals surface area (Å²) in [7, 11) is 0. The molecule has 0 saturated heterocycles. The zero-order chi connectivity index (χ0) is 18.7. The molecule has 3 aromatic rings. The second-order valence-corrected chi connectivity index (χ2v) is 7.84. The Labute approximate surface area is 167 Å². The zero-order valence-electron chi connectivity index (χ0n) is 14.8. The van der Waals surface area contributed by atoms with Gasteiger partial charge in [0, 0.05) is 12.2 Å². The van der Waals surface area contributed by atoms with Crippen LogP contribution in [0.25, 0.3) is 0 Å². The molecule has 0 saturated carbocycles. The van der Waals surface area contributed by atoms with Crippen molar-refractivity contribution in [1.82, 2.24) is 10.2 Å². The fourth-order valence-electron chi connectivity index (χ4n) is 2.33. The maximum absolute atomic E-state index is 12.0. The van der Waals surface area contributed by atoms with E-state index in [1.54, 1.807) is 11.8 Å². The summed E-state index contributed by atoms with van der Waals surface area (Å²) in [5, 5.41) is 12.5. The summed E-state index contributed by atoms with van der Waals surface area (Å²) in [6, 6.07) is 19.9. The number of amides is 1. The molecule has 2 aromatic carbocycles. The fourth-order valence-corrected chi connectivity index (χ4v) is 3.91. The molecule has 0 aliphatic rings. The van der Waals surface area contributed by atoms with E-state index in [9.17, 15) is 4.79 Å². The van der Waals surface area contributed by atoms with E-state index >= 15 is 0 Å². The van der Waals surface area contributed by atoms with Gasteiger partial charge in [0.25, 0.3) is 0 Å². The Morgan fingerprint density at radius 1 is 1.04 bits per heavy atom. The van der Waals surface area contributed by atoms with Gasteiger partial charge in [-0.1, -0.05) is 59.9 Å². The molecule has 140 valence electrons. The highest BCUT2D eigenvalue weighted by molar-refractivity contribution is 7.99. The van der Waals surface area contributed by atoms with E-state index in [1.807, 2.05) is 48.5 Å². The van der Waals surface area contributed by atoms with Crippen LogP contribution in [-0.4, -0.2) is 28.5 Å². The lowest BCUT2D eigenvalue weighted by Gasteiger charge is -2.04. The Morgan fingerprint density at radius 3 is 2.56 bits per heavy atom. The van der Waals surface area contributed by atoms with Crippen LogP contribution < -0.4 is 10.1 Å². The predicted octanol–water partition coefficient (Wildman–Crippen LogP) is 4.42. The highest BCUT2D eigenvalue weighted by Crippen LogP contribution is 2.18. The summed E-state index contributed by atoms with van der Waals surface area (Å²) < 4.78 is 5.66. The van der Waals surface area contributed by atoms with Gasteiger partial charge in [0.15, 0.2) is 0 Å². The lowest BCUT2D eigenvalue weighted by Crippen LogP contribution is -2.13. The van der Waals surface area contributed by atoms with E-state index in [0.717, 1.165) is 29.4 Å². The van der Waals surface area contributed by atoms with E-state index in [-0.39, 0.29) is 5.91 Å². The third kappa shape index (κ3) is 7.03. The van der Waals surface area contributed by atoms with E-state index in [4.69, 9.17) is 4.74 Å². The molecule has 0 unspecified atom stereocenters. The van der Waals surface area contributed by atoms with Crippen LogP contribution in [0.15, 0.2) is 60.7 Å². The molecule has 7 heteroatoms. The number of para-hydroxylation sites is 1. The molecule has 0 radical (unpaired) electrons. The Balaban J connectivity index is 1.33. The molecule has 0 aliphatic carbocycles. The summed E-state index contributed by atoms with van der Waals surface area (Å²) in [4.78, 5) is 12.0. The van der Waals surface area contributed by atoms with Gasteiger partial charge in [-0.25, -0.2) is 0 Å². The monoisotopic (exact) mass is 399 g/mol. The number of ether oxygens (including phenoxy) is 1. The summed E-state index contributed by atoms with van der Waals surface area (Å²) in [6.07, 6.45) is 1.63.